The molecule has 1 heterocycles. The molecular formula is C20H19BrN2O2. The van der Waals surface area contributed by atoms with Gasteiger partial charge in [0, 0.05) is 32.7 Å². The number of benzene rings is 2. The third kappa shape index (κ3) is 3.16. The maximum Gasteiger partial charge on any atom is 0.251 e. The minimum absolute atomic E-state index is 0.0211. The van der Waals surface area contributed by atoms with Gasteiger partial charge in [0.2, 0.25) is 0 Å². The smallest absolute Gasteiger partial charge is 0.251 e. The van der Waals surface area contributed by atoms with Crippen molar-refractivity contribution >= 4 is 32.7 Å². The van der Waals surface area contributed by atoms with E-state index in [1.165, 1.54) is 16.6 Å². The molecule has 1 aliphatic rings. The van der Waals surface area contributed by atoms with Crippen molar-refractivity contribution in [2.45, 2.75) is 25.3 Å². The van der Waals surface area contributed by atoms with Crippen LogP contribution >= 0.6 is 15.9 Å². The van der Waals surface area contributed by atoms with E-state index < -0.39 is 0 Å². The van der Waals surface area contributed by atoms with Crippen molar-refractivity contribution in [2.24, 2.45) is 0 Å². The summed E-state index contributed by atoms with van der Waals surface area (Å²) in [6.45, 7) is 0. The second kappa shape index (κ2) is 6.56. The predicted molar refractivity (Wildman–Crippen MR) is 102 cm³/mol. The van der Waals surface area contributed by atoms with Gasteiger partial charge in [0.05, 0.1) is 7.11 Å². The first-order valence-corrected chi connectivity index (χ1v) is 9.17. The van der Waals surface area contributed by atoms with Gasteiger partial charge in [0.15, 0.2) is 0 Å². The first-order valence-electron chi connectivity index (χ1n) is 8.38. The number of fused-ring (bicyclic) bond motifs is 3. The molecular weight excluding hydrogens is 380 g/mol. The zero-order valence-electron chi connectivity index (χ0n) is 13.9. The molecule has 3 aromatic rings. The Kier molecular flexibility index (Phi) is 4.25. The normalized spacial score (nSPS) is 16.5. The molecule has 4 nitrogen and oxygen atoms in total. The summed E-state index contributed by atoms with van der Waals surface area (Å²) < 4.78 is 6.27. The number of amides is 1. The molecule has 0 saturated heterocycles. The van der Waals surface area contributed by atoms with Gasteiger partial charge in [-0.05, 0) is 61.2 Å². The lowest BCUT2D eigenvalue weighted by atomic mass is 9.91. The molecule has 5 heteroatoms. The van der Waals surface area contributed by atoms with Gasteiger partial charge in [-0.3, -0.25) is 4.79 Å². The molecule has 1 amide bonds. The summed E-state index contributed by atoms with van der Waals surface area (Å²) in [7, 11) is 1.68. The Hall–Kier alpha value is -2.27. The molecule has 4 rings (SSSR count). The summed E-state index contributed by atoms with van der Waals surface area (Å²) in [6, 6.07) is 13.7. The summed E-state index contributed by atoms with van der Waals surface area (Å²) in [5, 5.41) is 4.37. The zero-order chi connectivity index (χ0) is 17.4. The van der Waals surface area contributed by atoms with Crippen LogP contribution in [0.3, 0.4) is 0 Å². The lowest BCUT2D eigenvalue weighted by Crippen LogP contribution is -2.38. The molecule has 0 aliphatic heterocycles. The fourth-order valence-corrected chi connectivity index (χ4v) is 3.94. The quantitative estimate of drug-likeness (QED) is 0.693. The Morgan fingerprint density at radius 3 is 2.96 bits per heavy atom. The number of nitrogens with one attached hydrogen (secondary N) is 2. The molecule has 0 bridgehead atoms. The number of hydrogen-bond donors (Lipinski definition) is 2. The van der Waals surface area contributed by atoms with E-state index in [2.05, 4.69) is 38.4 Å². The first-order chi connectivity index (χ1) is 12.1. The van der Waals surface area contributed by atoms with Crippen LogP contribution in [0.15, 0.2) is 46.9 Å². The highest BCUT2D eigenvalue weighted by molar-refractivity contribution is 9.10. The molecule has 2 N–H and O–H groups in total. The highest BCUT2D eigenvalue weighted by atomic mass is 79.9. The third-order valence-corrected chi connectivity index (χ3v) is 5.31. The summed E-state index contributed by atoms with van der Waals surface area (Å²) in [6.07, 6.45) is 2.72. The maximum absolute atomic E-state index is 12.5. The number of aromatic amines is 1. The minimum Gasteiger partial charge on any atom is -0.497 e. The zero-order valence-corrected chi connectivity index (χ0v) is 15.5. The van der Waals surface area contributed by atoms with E-state index in [0.29, 0.717) is 5.56 Å². The number of ether oxygens (including phenoxy) is 1. The summed E-state index contributed by atoms with van der Waals surface area (Å²) in [4.78, 5) is 16.0. The van der Waals surface area contributed by atoms with Crippen LogP contribution in [0.25, 0.3) is 10.9 Å². The van der Waals surface area contributed by atoms with Crippen LogP contribution in [0, 0.1) is 0 Å². The van der Waals surface area contributed by atoms with E-state index >= 15 is 0 Å². The summed E-state index contributed by atoms with van der Waals surface area (Å²) in [5.41, 5.74) is 4.38. The number of hydrogen-bond acceptors (Lipinski definition) is 2. The van der Waals surface area contributed by atoms with Crippen LogP contribution in [0.1, 0.15) is 28.0 Å². The third-order valence-electron chi connectivity index (χ3n) is 4.82. The summed E-state index contributed by atoms with van der Waals surface area (Å²) in [5.74, 6) is 0.835. The number of rotatable bonds is 3. The number of carbonyl (C=O) groups excluding carboxylic acids is 1. The van der Waals surface area contributed by atoms with Gasteiger partial charge in [-0.25, -0.2) is 0 Å². The molecule has 25 heavy (non-hydrogen) atoms. The molecule has 0 radical (unpaired) electrons. The van der Waals surface area contributed by atoms with Crippen LogP contribution in [0.4, 0.5) is 0 Å². The molecule has 0 saturated carbocycles. The highest BCUT2D eigenvalue weighted by Gasteiger charge is 2.24. The van der Waals surface area contributed by atoms with Crippen LogP contribution in [0.2, 0.25) is 0 Å². The SMILES string of the molecule is COc1ccc2[nH]c3c(c2c1)CC(NC(=O)c1cccc(Br)c1)CC3. The van der Waals surface area contributed by atoms with Gasteiger partial charge in [-0.15, -0.1) is 0 Å². The van der Waals surface area contributed by atoms with Gasteiger partial charge >= 0.3 is 0 Å². The highest BCUT2D eigenvalue weighted by Crippen LogP contribution is 2.31. The number of carbonyl (C=O) groups is 1. The Morgan fingerprint density at radius 2 is 2.16 bits per heavy atom. The lowest BCUT2D eigenvalue weighted by molar-refractivity contribution is 0.0933. The monoisotopic (exact) mass is 398 g/mol. The van der Waals surface area contributed by atoms with Crippen molar-refractivity contribution < 1.29 is 9.53 Å². The number of aromatic nitrogens is 1. The molecule has 1 atom stereocenters. The average Bonchev–Trinajstić information content (AvgIpc) is 2.98. The maximum atomic E-state index is 12.5. The number of aryl methyl sites for hydroxylation is 1. The molecule has 2 aromatic carbocycles. The van der Waals surface area contributed by atoms with E-state index in [0.717, 1.165) is 35.0 Å². The van der Waals surface area contributed by atoms with Gasteiger partial charge in [0.25, 0.3) is 5.91 Å². The van der Waals surface area contributed by atoms with E-state index in [-0.39, 0.29) is 11.9 Å². The number of halogens is 1. The van der Waals surface area contributed by atoms with Crippen LogP contribution < -0.4 is 10.1 Å². The van der Waals surface area contributed by atoms with Gasteiger partial charge in [0.1, 0.15) is 5.75 Å². The van der Waals surface area contributed by atoms with Crippen LogP contribution in [0.5, 0.6) is 5.75 Å². The molecule has 1 aliphatic carbocycles. The summed E-state index contributed by atoms with van der Waals surface area (Å²) >= 11 is 3.42. The second-order valence-electron chi connectivity index (χ2n) is 6.42. The topological polar surface area (TPSA) is 54.1 Å². The van der Waals surface area contributed by atoms with E-state index in [1.54, 1.807) is 7.11 Å². The Morgan fingerprint density at radius 1 is 1.28 bits per heavy atom. The Bertz CT molecular complexity index is 948. The molecule has 0 spiro atoms. The number of methoxy groups -OCH3 is 1. The second-order valence-corrected chi connectivity index (χ2v) is 7.33. The number of H-pyrrole nitrogens is 1. The van der Waals surface area contributed by atoms with Crippen molar-refractivity contribution in [3.63, 3.8) is 0 Å². The van der Waals surface area contributed by atoms with Crippen molar-refractivity contribution in [1.29, 1.82) is 0 Å². The van der Waals surface area contributed by atoms with Crippen molar-refractivity contribution in [1.82, 2.24) is 10.3 Å². The van der Waals surface area contributed by atoms with Gasteiger partial charge < -0.3 is 15.0 Å². The lowest BCUT2D eigenvalue weighted by Gasteiger charge is -2.23. The fourth-order valence-electron chi connectivity index (χ4n) is 3.54. The van der Waals surface area contributed by atoms with Crippen LogP contribution in [-0.2, 0) is 12.8 Å². The molecule has 1 unspecified atom stereocenters. The Labute approximate surface area is 154 Å². The van der Waals surface area contributed by atoms with Gasteiger partial charge in [-0.1, -0.05) is 22.0 Å². The molecule has 0 fully saturated rings. The van der Waals surface area contributed by atoms with Crippen molar-refractivity contribution in [2.75, 3.05) is 7.11 Å². The average molecular weight is 399 g/mol. The van der Waals surface area contributed by atoms with Crippen molar-refractivity contribution in [3.05, 3.63) is 63.8 Å². The fraction of sp³-hybridized carbons (Fsp3) is 0.250. The minimum atomic E-state index is -0.0211. The van der Waals surface area contributed by atoms with E-state index in [4.69, 9.17) is 4.74 Å². The predicted octanol–water partition coefficient (Wildman–Crippen LogP) is 4.23. The van der Waals surface area contributed by atoms with Crippen LogP contribution in [-0.4, -0.2) is 24.0 Å². The molecule has 1 aromatic heterocycles. The van der Waals surface area contributed by atoms with E-state index in [9.17, 15) is 4.79 Å². The standard InChI is InChI=1S/C20H19BrN2O2/c1-25-15-6-8-19-17(11-15)16-10-14(5-7-18(16)23-19)22-20(24)12-3-2-4-13(21)9-12/h2-4,6,8-9,11,14,23H,5,7,10H2,1H3,(H,22,24). The largest absolute Gasteiger partial charge is 0.497 e. The van der Waals surface area contributed by atoms with Crippen molar-refractivity contribution in [3.8, 4) is 5.75 Å². The molecule has 128 valence electrons. The van der Waals surface area contributed by atoms with E-state index in [1.807, 2.05) is 30.3 Å². The van der Waals surface area contributed by atoms with Gasteiger partial charge in [-0.2, -0.15) is 0 Å². The Balaban J connectivity index is 1.57. The first kappa shape index (κ1) is 16.2.